The molecular weight excluding hydrogens is 340 g/mol. The molecule has 0 aliphatic rings. The Morgan fingerprint density at radius 1 is 1.21 bits per heavy atom. The van der Waals surface area contributed by atoms with Crippen LogP contribution in [0.15, 0.2) is 53.7 Å². The fraction of sp³-hybridized carbons (Fsp3) is 0.143. The van der Waals surface area contributed by atoms with Gasteiger partial charge in [0.2, 0.25) is 0 Å². The number of rotatable bonds is 6. The lowest BCUT2D eigenvalue weighted by Crippen LogP contribution is -2.27. The van der Waals surface area contributed by atoms with E-state index in [2.05, 4.69) is 20.3 Å². The molecule has 0 atom stereocenters. The second-order valence-electron chi connectivity index (χ2n) is 4.53. The highest BCUT2D eigenvalue weighted by molar-refractivity contribution is 7.98. The molecule has 2 aromatic heterocycles. The summed E-state index contributed by atoms with van der Waals surface area (Å²) in [6.45, 7) is -2.87. The third-order valence-corrected chi connectivity index (χ3v) is 3.99. The first kappa shape index (κ1) is 16.1. The van der Waals surface area contributed by atoms with E-state index in [1.54, 1.807) is 30.3 Å². The van der Waals surface area contributed by atoms with E-state index < -0.39 is 6.61 Å². The smallest absolute Gasteiger partial charge is 0.387 e. The van der Waals surface area contributed by atoms with Crippen molar-refractivity contribution >= 4 is 11.8 Å². The molecular formula is C14H11F2N5O2S. The first-order valence-electron chi connectivity index (χ1n) is 6.77. The van der Waals surface area contributed by atoms with Crippen LogP contribution in [0.1, 0.15) is 5.82 Å². The lowest BCUT2D eigenvalue weighted by Gasteiger charge is -2.07. The Kier molecular flexibility index (Phi) is 4.85. The summed E-state index contributed by atoms with van der Waals surface area (Å²) in [6, 6.07) is 11.1. The van der Waals surface area contributed by atoms with Crippen molar-refractivity contribution in [1.29, 1.82) is 0 Å². The number of halogens is 2. The Labute approximate surface area is 139 Å². The molecule has 0 unspecified atom stereocenters. The molecule has 7 nitrogen and oxygen atoms in total. The number of nitrogens with zero attached hydrogens (tertiary/aromatic N) is 5. The molecule has 0 aliphatic carbocycles. The molecule has 0 radical (unpaired) electrons. The van der Waals surface area contributed by atoms with Crippen molar-refractivity contribution in [3.05, 3.63) is 59.7 Å². The summed E-state index contributed by atoms with van der Waals surface area (Å²) >= 11 is 1.29. The Morgan fingerprint density at radius 3 is 2.71 bits per heavy atom. The number of ether oxygens (including phenoxy) is 1. The second-order valence-corrected chi connectivity index (χ2v) is 5.53. The van der Waals surface area contributed by atoms with Crippen LogP contribution in [0.3, 0.4) is 0 Å². The summed E-state index contributed by atoms with van der Waals surface area (Å²) < 4.78 is 30.9. The lowest BCUT2D eigenvalue weighted by atomic mass is 10.3. The van der Waals surface area contributed by atoms with Crippen molar-refractivity contribution in [3.8, 4) is 11.4 Å². The van der Waals surface area contributed by atoms with E-state index in [4.69, 9.17) is 0 Å². The van der Waals surface area contributed by atoms with Gasteiger partial charge in [-0.3, -0.25) is 0 Å². The Bertz CT molecular complexity index is 813. The summed E-state index contributed by atoms with van der Waals surface area (Å²) in [5.41, 5.74) is 0.597. The van der Waals surface area contributed by atoms with Gasteiger partial charge in [0.1, 0.15) is 5.75 Å². The maximum Gasteiger partial charge on any atom is 0.387 e. The molecule has 3 rings (SSSR count). The molecule has 0 saturated carbocycles. The van der Waals surface area contributed by atoms with Gasteiger partial charge in [-0.05, 0) is 52.5 Å². The van der Waals surface area contributed by atoms with Gasteiger partial charge in [0.05, 0.1) is 11.4 Å². The van der Waals surface area contributed by atoms with Crippen LogP contribution in [-0.4, -0.2) is 26.8 Å². The zero-order chi connectivity index (χ0) is 16.9. The van der Waals surface area contributed by atoms with Crippen LogP contribution in [0.2, 0.25) is 0 Å². The van der Waals surface area contributed by atoms with Gasteiger partial charge < -0.3 is 9.94 Å². The fourth-order valence-corrected chi connectivity index (χ4v) is 2.75. The van der Waals surface area contributed by atoms with E-state index >= 15 is 0 Å². The number of thioether (sulfide) groups is 1. The molecule has 0 fully saturated rings. The predicted molar refractivity (Wildman–Crippen MR) is 80.7 cm³/mol. The van der Waals surface area contributed by atoms with Crippen LogP contribution in [-0.2, 0) is 5.75 Å². The third kappa shape index (κ3) is 3.77. The molecule has 0 spiro atoms. The van der Waals surface area contributed by atoms with E-state index in [9.17, 15) is 14.0 Å². The first-order chi connectivity index (χ1) is 11.6. The van der Waals surface area contributed by atoms with E-state index in [1.807, 2.05) is 0 Å². The highest BCUT2D eigenvalue weighted by Gasteiger charge is 2.12. The van der Waals surface area contributed by atoms with Gasteiger partial charge in [-0.15, -0.1) is 5.10 Å². The maximum atomic E-state index is 12.2. The largest absolute Gasteiger partial charge is 0.618 e. The summed E-state index contributed by atoms with van der Waals surface area (Å²) in [6.07, 6.45) is 1.41. The van der Waals surface area contributed by atoms with Crippen LogP contribution in [0.5, 0.6) is 5.75 Å². The number of hydrogen-bond donors (Lipinski definition) is 0. The average Bonchev–Trinajstić information content (AvgIpc) is 3.03. The van der Waals surface area contributed by atoms with E-state index in [-0.39, 0.29) is 5.75 Å². The van der Waals surface area contributed by atoms with Gasteiger partial charge in [-0.2, -0.15) is 18.2 Å². The minimum absolute atomic E-state index is 0.0504. The van der Waals surface area contributed by atoms with Crippen LogP contribution in [0, 0.1) is 5.21 Å². The van der Waals surface area contributed by atoms with Crippen LogP contribution in [0.25, 0.3) is 5.69 Å². The van der Waals surface area contributed by atoms with Crippen molar-refractivity contribution < 1.29 is 18.2 Å². The summed E-state index contributed by atoms with van der Waals surface area (Å²) in [7, 11) is 0. The molecule has 0 aliphatic heterocycles. The van der Waals surface area contributed by atoms with E-state index in [1.165, 1.54) is 34.8 Å². The fourth-order valence-electron chi connectivity index (χ4n) is 1.93. The van der Waals surface area contributed by atoms with Crippen molar-refractivity contribution in [3.63, 3.8) is 0 Å². The van der Waals surface area contributed by atoms with Crippen LogP contribution in [0.4, 0.5) is 8.78 Å². The molecule has 1 aromatic carbocycles. The summed E-state index contributed by atoms with van der Waals surface area (Å²) in [4.78, 5) is 0. The second kappa shape index (κ2) is 7.21. The average molecular weight is 351 g/mol. The minimum Gasteiger partial charge on any atom is -0.618 e. The van der Waals surface area contributed by atoms with Gasteiger partial charge in [0.25, 0.3) is 5.03 Å². The highest BCUT2D eigenvalue weighted by atomic mass is 32.2. The minimum atomic E-state index is -2.87. The Morgan fingerprint density at radius 2 is 2.00 bits per heavy atom. The standard InChI is InChI=1S/C14H11F2N5O2S/c15-14(16)23-11-6-4-10(5-7-11)21-12(17-18-19-21)9-24-13-3-1-2-8-20(13)22/h1-8,14H,9H2. The number of benzene rings is 1. The molecule has 24 heavy (non-hydrogen) atoms. The van der Waals surface area contributed by atoms with E-state index in [0.29, 0.717) is 22.3 Å². The van der Waals surface area contributed by atoms with Gasteiger partial charge >= 0.3 is 6.61 Å². The quantitative estimate of drug-likeness (QED) is 0.385. The van der Waals surface area contributed by atoms with Crippen molar-refractivity contribution in [2.75, 3.05) is 0 Å². The third-order valence-electron chi connectivity index (χ3n) is 2.98. The normalized spacial score (nSPS) is 11.0. The molecule has 2 heterocycles. The molecule has 10 heteroatoms. The molecule has 0 amide bonds. The number of tetrazole rings is 1. The van der Waals surface area contributed by atoms with Crippen LogP contribution >= 0.6 is 11.8 Å². The first-order valence-corrected chi connectivity index (χ1v) is 7.75. The van der Waals surface area contributed by atoms with Gasteiger partial charge in [0, 0.05) is 12.1 Å². The predicted octanol–water partition coefficient (Wildman–Crippen LogP) is 2.19. The monoisotopic (exact) mass is 351 g/mol. The Hall–Kier alpha value is -2.75. The number of aromatic nitrogens is 5. The zero-order valence-corrected chi connectivity index (χ0v) is 12.9. The van der Waals surface area contributed by atoms with Crippen LogP contribution < -0.4 is 9.47 Å². The SMILES string of the molecule is [O-][n+]1ccccc1SCc1nnnn1-c1ccc(OC(F)F)cc1. The van der Waals surface area contributed by atoms with E-state index in [0.717, 1.165) is 4.73 Å². The summed E-state index contributed by atoms with van der Waals surface area (Å²) in [5, 5.41) is 23.6. The Balaban J connectivity index is 1.74. The molecule has 0 N–H and O–H groups in total. The van der Waals surface area contributed by atoms with Gasteiger partial charge in [-0.1, -0.05) is 0 Å². The number of pyridine rings is 1. The van der Waals surface area contributed by atoms with Crippen molar-refractivity contribution in [1.82, 2.24) is 20.2 Å². The molecule has 0 bridgehead atoms. The molecule has 0 saturated heterocycles. The van der Waals surface area contributed by atoms with Crippen molar-refractivity contribution in [2.45, 2.75) is 17.4 Å². The number of alkyl halides is 2. The molecule has 124 valence electrons. The topological polar surface area (TPSA) is 79.8 Å². The van der Waals surface area contributed by atoms with Gasteiger partial charge in [-0.25, -0.2) is 0 Å². The zero-order valence-electron chi connectivity index (χ0n) is 12.1. The van der Waals surface area contributed by atoms with Gasteiger partial charge in [0.15, 0.2) is 12.0 Å². The summed E-state index contributed by atoms with van der Waals surface area (Å²) in [5.74, 6) is 0.940. The molecule has 3 aromatic rings. The highest BCUT2D eigenvalue weighted by Crippen LogP contribution is 2.21. The number of hydrogen-bond acceptors (Lipinski definition) is 6. The van der Waals surface area contributed by atoms with Crippen molar-refractivity contribution in [2.24, 2.45) is 0 Å². The maximum absolute atomic E-state index is 12.2. The lowest BCUT2D eigenvalue weighted by molar-refractivity contribution is -0.645.